The standard InChI is InChI=1S/C18H24N2O2/c1-3-19-17(18(21)22)10-14-11(2)20-16-9-13-7-5-4-6-12(13)8-15(14)16/h8-9,17,19-20H,3-7,10H2,1-2H3,(H,21,22). The van der Waals surface area contributed by atoms with Crippen LogP contribution in [0.5, 0.6) is 0 Å². The topological polar surface area (TPSA) is 65.1 Å². The van der Waals surface area contributed by atoms with Crippen LogP contribution in [0.3, 0.4) is 0 Å². The summed E-state index contributed by atoms with van der Waals surface area (Å²) in [6.07, 6.45) is 5.35. The van der Waals surface area contributed by atoms with E-state index in [1.54, 1.807) is 0 Å². The molecule has 3 N–H and O–H groups in total. The maximum absolute atomic E-state index is 11.4. The Morgan fingerprint density at radius 3 is 2.64 bits per heavy atom. The van der Waals surface area contributed by atoms with Gasteiger partial charge in [-0.2, -0.15) is 0 Å². The van der Waals surface area contributed by atoms with Crippen molar-refractivity contribution in [2.24, 2.45) is 0 Å². The highest BCUT2D eigenvalue weighted by molar-refractivity contribution is 5.87. The number of rotatable bonds is 5. The van der Waals surface area contributed by atoms with E-state index in [9.17, 15) is 9.90 Å². The van der Waals surface area contributed by atoms with Crippen LogP contribution in [0.15, 0.2) is 12.1 Å². The average molecular weight is 300 g/mol. The molecule has 0 saturated heterocycles. The number of H-pyrrole nitrogens is 1. The van der Waals surface area contributed by atoms with Crippen LogP contribution in [0.4, 0.5) is 0 Å². The molecule has 1 aliphatic rings. The molecule has 1 aliphatic carbocycles. The van der Waals surface area contributed by atoms with E-state index < -0.39 is 12.0 Å². The lowest BCUT2D eigenvalue weighted by molar-refractivity contribution is -0.139. The monoisotopic (exact) mass is 300 g/mol. The quantitative estimate of drug-likeness (QED) is 0.795. The Labute approximate surface area is 130 Å². The number of carboxylic acids is 1. The molecule has 0 aliphatic heterocycles. The number of carbonyl (C=O) groups is 1. The second kappa shape index (κ2) is 6.13. The number of hydrogen-bond acceptors (Lipinski definition) is 2. The number of carboxylic acid groups (broad SMARTS) is 1. The van der Waals surface area contributed by atoms with Crippen LogP contribution >= 0.6 is 0 Å². The van der Waals surface area contributed by atoms with Gasteiger partial charge in [-0.15, -0.1) is 0 Å². The maximum atomic E-state index is 11.4. The van der Waals surface area contributed by atoms with Crippen molar-refractivity contribution in [2.45, 2.75) is 52.0 Å². The molecule has 1 atom stereocenters. The summed E-state index contributed by atoms with van der Waals surface area (Å²) in [5.74, 6) is -0.784. The molecule has 1 heterocycles. The third-order valence-corrected chi connectivity index (χ3v) is 4.74. The van der Waals surface area contributed by atoms with Crippen molar-refractivity contribution in [3.63, 3.8) is 0 Å². The Balaban J connectivity index is 2.01. The fraction of sp³-hybridized carbons (Fsp3) is 0.500. The molecule has 2 aromatic rings. The molecule has 0 bridgehead atoms. The number of hydrogen-bond donors (Lipinski definition) is 3. The van der Waals surface area contributed by atoms with Gasteiger partial charge >= 0.3 is 5.97 Å². The summed E-state index contributed by atoms with van der Waals surface area (Å²) in [7, 11) is 0. The Morgan fingerprint density at radius 1 is 1.32 bits per heavy atom. The van der Waals surface area contributed by atoms with Gasteiger partial charge in [0.1, 0.15) is 6.04 Å². The van der Waals surface area contributed by atoms with Crippen molar-refractivity contribution >= 4 is 16.9 Å². The summed E-state index contributed by atoms with van der Waals surface area (Å²) in [5.41, 5.74) is 6.26. The zero-order chi connectivity index (χ0) is 15.7. The smallest absolute Gasteiger partial charge is 0.321 e. The van der Waals surface area contributed by atoms with Crippen LogP contribution in [0.25, 0.3) is 10.9 Å². The zero-order valence-corrected chi connectivity index (χ0v) is 13.3. The Bertz CT molecular complexity index is 703. The summed E-state index contributed by atoms with van der Waals surface area (Å²) in [6.45, 7) is 4.64. The normalized spacial score (nSPS) is 15.7. The van der Waals surface area contributed by atoms with Gasteiger partial charge in [-0.1, -0.05) is 6.92 Å². The summed E-state index contributed by atoms with van der Waals surface area (Å²) in [5, 5.41) is 13.6. The minimum absolute atomic E-state index is 0.522. The van der Waals surface area contributed by atoms with Crippen molar-refractivity contribution < 1.29 is 9.90 Å². The third kappa shape index (κ3) is 2.75. The van der Waals surface area contributed by atoms with Gasteiger partial charge in [0, 0.05) is 23.0 Å². The van der Waals surface area contributed by atoms with Gasteiger partial charge in [0.2, 0.25) is 0 Å². The molecule has 0 saturated carbocycles. The summed E-state index contributed by atoms with van der Waals surface area (Å²) < 4.78 is 0. The average Bonchev–Trinajstić information content (AvgIpc) is 2.79. The number of aryl methyl sites for hydroxylation is 3. The van der Waals surface area contributed by atoms with Crippen LogP contribution in [0.1, 0.15) is 42.1 Å². The number of likely N-dealkylation sites (N-methyl/N-ethyl adjacent to an activating group) is 1. The van der Waals surface area contributed by atoms with Crippen molar-refractivity contribution in [3.05, 3.63) is 34.5 Å². The minimum atomic E-state index is -0.784. The second-order valence-electron chi connectivity index (χ2n) is 6.25. The van der Waals surface area contributed by atoms with Gasteiger partial charge in [0.05, 0.1) is 0 Å². The van der Waals surface area contributed by atoms with E-state index in [0.717, 1.165) is 29.6 Å². The first-order valence-corrected chi connectivity index (χ1v) is 8.19. The Hall–Kier alpha value is -1.81. The van der Waals surface area contributed by atoms with E-state index >= 15 is 0 Å². The van der Waals surface area contributed by atoms with E-state index in [-0.39, 0.29) is 0 Å². The van der Waals surface area contributed by atoms with Gasteiger partial charge in [-0.25, -0.2) is 0 Å². The fourth-order valence-electron chi connectivity index (χ4n) is 3.58. The lowest BCUT2D eigenvalue weighted by Crippen LogP contribution is -2.38. The van der Waals surface area contributed by atoms with E-state index in [4.69, 9.17) is 0 Å². The Kier molecular flexibility index (Phi) is 4.21. The highest BCUT2D eigenvalue weighted by Crippen LogP contribution is 2.30. The van der Waals surface area contributed by atoms with Gasteiger partial charge < -0.3 is 15.4 Å². The van der Waals surface area contributed by atoms with E-state index in [1.807, 2.05) is 13.8 Å². The molecule has 0 radical (unpaired) electrons. The molecular weight excluding hydrogens is 276 g/mol. The first-order chi connectivity index (χ1) is 10.6. The molecule has 22 heavy (non-hydrogen) atoms. The van der Waals surface area contributed by atoms with E-state index in [1.165, 1.54) is 29.4 Å². The summed E-state index contributed by atoms with van der Waals surface area (Å²) >= 11 is 0. The molecule has 0 spiro atoms. The minimum Gasteiger partial charge on any atom is -0.480 e. The molecule has 4 heteroatoms. The molecule has 1 aromatic heterocycles. The molecular formula is C18H24N2O2. The first-order valence-electron chi connectivity index (χ1n) is 8.19. The van der Waals surface area contributed by atoms with Crippen LogP contribution < -0.4 is 5.32 Å². The predicted octanol–water partition coefficient (Wildman–Crippen LogP) is 2.96. The summed E-state index contributed by atoms with van der Waals surface area (Å²) in [4.78, 5) is 14.9. The van der Waals surface area contributed by atoms with Crippen LogP contribution in [-0.2, 0) is 24.1 Å². The SMILES string of the molecule is CCNC(Cc1c(C)[nH]c2cc3c(cc12)CCCC3)C(=O)O. The van der Waals surface area contributed by atoms with Crippen molar-refractivity contribution in [3.8, 4) is 0 Å². The Morgan fingerprint density at radius 2 is 2.00 bits per heavy atom. The van der Waals surface area contributed by atoms with Crippen LogP contribution in [0, 0.1) is 6.92 Å². The van der Waals surface area contributed by atoms with Gasteiger partial charge in [0.25, 0.3) is 0 Å². The van der Waals surface area contributed by atoms with E-state index in [2.05, 4.69) is 22.4 Å². The van der Waals surface area contributed by atoms with Gasteiger partial charge in [-0.3, -0.25) is 4.79 Å². The van der Waals surface area contributed by atoms with Crippen LogP contribution in [0.2, 0.25) is 0 Å². The molecule has 4 nitrogen and oxygen atoms in total. The predicted molar refractivity (Wildman–Crippen MR) is 88.5 cm³/mol. The first kappa shape index (κ1) is 15.1. The number of nitrogens with one attached hydrogen (secondary N) is 2. The number of fused-ring (bicyclic) bond motifs is 2. The van der Waals surface area contributed by atoms with Crippen molar-refractivity contribution in [1.82, 2.24) is 10.3 Å². The second-order valence-corrected chi connectivity index (χ2v) is 6.25. The number of aliphatic carboxylic acids is 1. The van der Waals surface area contributed by atoms with Gasteiger partial charge in [-0.05, 0) is 68.0 Å². The number of benzene rings is 1. The third-order valence-electron chi connectivity index (χ3n) is 4.74. The number of aromatic nitrogens is 1. The van der Waals surface area contributed by atoms with Crippen LogP contribution in [-0.4, -0.2) is 28.6 Å². The molecule has 3 rings (SSSR count). The molecule has 0 fully saturated rings. The molecule has 0 amide bonds. The highest BCUT2D eigenvalue weighted by Gasteiger charge is 2.21. The molecule has 118 valence electrons. The van der Waals surface area contributed by atoms with E-state index in [0.29, 0.717) is 13.0 Å². The lowest BCUT2D eigenvalue weighted by atomic mass is 9.89. The van der Waals surface area contributed by atoms with Crippen molar-refractivity contribution in [2.75, 3.05) is 6.54 Å². The molecule has 1 unspecified atom stereocenters. The fourth-order valence-corrected chi connectivity index (χ4v) is 3.58. The maximum Gasteiger partial charge on any atom is 0.321 e. The highest BCUT2D eigenvalue weighted by atomic mass is 16.4. The largest absolute Gasteiger partial charge is 0.480 e. The molecule has 1 aromatic carbocycles. The lowest BCUT2D eigenvalue weighted by Gasteiger charge is -2.16. The summed E-state index contributed by atoms with van der Waals surface area (Å²) in [6, 6.07) is 4.02. The zero-order valence-electron chi connectivity index (χ0n) is 13.3. The number of aromatic amines is 1. The van der Waals surface area contributed by atoms with Crippen molar-refractivity contribution in [1.29, 1.82) is 0 Å². The van der Waals surface area contributed by atoms with Gasteiger partial charge in [0.15, 0.2) is 0 Å².